The molecule has 0 atom stereocenters. The van der Waals surface area contributed by atoms with Crippen molar-refractivity contribution in [3.8, 4) is 0 Å². The Morgan fingerprint density at radius 3 is 2.10 bits per heavy atom. The van der Waals surface area contributed by atoms with Crippen LogP contribution in [0.25, 0.3) is 0 Å². The fraction of sp³-hybridized carbons (Fsp3) is 0.500. The van der Waals surface area contributed by atoms with E-state index in [2.05, 4.69) is 0 Å². The van der Waals surface area contributed by atoms with Gasteiger partial charge in [-0.3, -0.25) is 0 Å². The van der Waals surface area contributed by atoms with Gasteiger partial charge >= 0.3 is 0 Å². The van der Waals surface area contributed by atoms with Crippen molar-refractivity contribution in [2.24, 2.45) is 0 Å². The van der Waals surface area contributed by atoms with Crippen LogP contribution >= 0.6 is 0 Å². The van der Waals surface area contributed by atoms with Gasteiger partial charge in [-0.1, -0.05) is 6.08 Å². The first-order chi connectivity index (χ1) is 4.76. The van der Waals surface area contributed by atoms with Crippen LogP contribution < -0.4 is 0 Å². The van der Waals surface area contributed by atoms with Crippen molar-refractivity contribution in [1.29, 1.82) is 0 Å². The molecule has 0 aliphatic rings. The molecule has 0 saturated heterocycles. The molecule has 0 N–H and O–H groups in total. The second-order valence-electron chi connectivity index (χ2n) is 1.83. The molecule has 0 aromatic heterocycles. The van der Waals surface area contributed by atoms with Gasteiger partial charge in [-0.05, 0) is 19.9 Å². The van der Waals surface area contributed by atoms with Crippen molar-refractivity contribution in [1.82, 2.24) is 0 Å². The van der Waals surface area contributed by atoms with Crippen LogP contribution in [-0.2, 0) is 9.47 Å². The summed E-state index contributed by atoms with van der Waals surface area (Å²) in [4.78, 5) is 0. The van der Waals surface area contributed by atoms with E-state index in [1.165, 1.54) is 0 Å². The molecule has 0 unspecified atom stereocenters. The Hall–Kier alpha value is -0.920. The van der Waals surface area contributed by atoms with Gasteiger partial charge < -0.3 is 9.47 Å². The summed E-state index contributed by atoms with van der Waals surface area (Å²) < 4.78 is 9.97. The maximum absolute atomic E-state index is 5.01. The Balaban J connectivity index is 4.29. The van der Waals surface area contributed by atoms with Crippen LogP contribution in [0.2, 0.25) is 0 Å². The van der Waals surface area contributed by atoms with Crippen molar-refractivity contribution < 1.29 is 9.47 Å². The van der Waals surface area contributed by atoms with Crippen molar-refractivity contribution >= 4 is 0 Å². The molecule has 0 amide bonds. The Morgan fingerprint density at radius 1 is 1.20 bits per heavy atom. The molecule has 0 spiro atoms. The van der Waals surface area contributed by atoms with Gasteiger partial charge in [0.05, 0.1) is 14.2 Å². The predicted molar refractivity (Wildman–Crippen MR) is 41.5 cm³/mol. The number of hydrogen-bond acceptors (Lipinski definition) is 2. The predicted octanol–water partition coefficient (Wildman–Crippen LogP) is 2.09. The Bertz CT molecular complexity index is 145. The average molecular weight is 142 g/mol. The highest BCUT2D eigenvalue weighted by molar-refractivity contribution is 5.14. The molecule has 0 rings (SSSR count). The highest BCUT2D eigenvalue weighted by Gasteiger charge is 1.95. The van der Waals surface area contributed by atoms with Crippen LogP contribution in [0.15, 0.2) is 23.7 Å². The summed E-state index contributed by atoms with van der Waals surface area (Å²) in [6.07, 6.45) is 3.76. The average Bonchev–Trinajstić information content (AvgIpc) is 1.99. The van der Waals surface area contributed by atoms with Gasteiger partial charge in [0.15, 0.2) is 5.76 Å². The van der Waals surface area contributed by atoms with Gasteiger partial charge in [0.2, 0.25) is 0 Å². The number of hydrogen-bond donors (Lipinski definition) is 0. The SMILES string of the molecule is C/C=C\C(OC)=C(/C)OC. The number of methoxy groups -OCH3 is 2. The summed E-state index contributed by atoms with van der Waals surface area (Å²) in [6, 6.07) is 0. The molecular formula is C8H14O2. The maximum atomic E-state index is 5.01. The molecular weight excluding hydrogens is 128 g/mol. The van der Waals surface area contributed by atoms with E-state index in [9.17, 15) is 0 Å². The van der Waals surface area contributed by atoms with Crippen molar-refractivity contribution in [2.75, 3.05) is 14.2 Å². The fourth-order valence-electron chi connectivity index (χ4n) is 0.581. The van der Waals surface area contributed by atoms with Crippen molar-refractivity contribution in [3.05, 3.63) is 23.7 Å². The summed E-state index contributed by atoms with van der Waals surface area (Å²) >= 11 is 0. The van der Waals surface area contributed by atoms with Crippen LogP contribution in [0.4, 0.5) is 0 Å². The van der Waals surface area contributed by atoms with Gasteiger partial charge in [-0.15, -0.1) is 0 Å². The number of allylic oxidation sites excluding steroid dienone is 3. The molecule has 0 heterocycles. The highest BCUT2D eigenvalue weighted by atomic mass is 16.5. The quantitative estimate of drug-likeness (QED) is 0.443. The van der Waals surface area contributed by atoms with Gasteiger partial charge in [0.1, 0.15) is 5.76 Å². The lowest BCUT2D eigenvalue weighted by Crippen LogP contribution is -1.89. The third kappa shape index (κ3) is 2.58. The lowest BCUT2D eigenvalue weighted by molar-refractivity contribution is 0.232. The first-order valence-corrected chi connectivity index (χ1v) is 3.17. The number of rotatable bonds is 3. The summed E-state index contributed by atoms with van der Waals surface area (Å²) in [7, 11) is 3.25. The molecule has 58 valence electrons. The van der Waals surface area contributed by atoms with Gasteiger partial charge in [0, 0.05) is 0 Å². The minimum Gasteiger partial charge on any atom is -0.498 e. The molecule has 2 nitrogen and oxygen atoms in total. The summed E-state index contributed by atoms with van der Waals surface area (Å²) in [5.74, 6) is 1.56. The Morgan fingerprint density at radius 2 is 1.80 bits per heavy atom. The summed E-state index contributed by atoms with van der Waals surface area (Å²) in [6.45, 7) is 3.79. The molecule has 0 aromatic rings. The van der Waals surface area contributed by atoms with Gasteiger partial charge in [-0.25, -0.2) is 0 Å². The monoisotopic (exact) mass is 142 g/mol. The molecule has 0 radical (unpaired) electrons. The molecule has 0 saturated carbocycles. The maximum Gasteiger partial charge on any atom is 0.155 e. The summed E-state index contributed by atoms with van der Waals surface area (Å²) in [5, 5.41) is 0. The fourth-order valence-corrected chi connectivity index (χ4v) is 0.581. The van der Waals surface area contributed by atoms with E-state index in [1.54, 1.807) is 14.2 Å². The third-order valence-electron chi connectivity index (χ3n) is 1.19. The van der Waals surface area contributed by atoms with E-state index in [4.69, 9.17) is 9.47 Å². The smallest absolute Gasteiger partial charge is 0.155 e. The molecule has 0 aliphatic carbocycles. The van der Waals surface area contributed by atoms with Gasteiger partial charge in [-0.2, -0.15) is 0 Å². The molecule has 0 aliphatic heterocycles. The van der Waals surface area contributed by atoms with E-state index in [1.807, 2.05) is 26.0 Å². The van der Waals surface area contributed by atoms with Crippen LogP contribution in [0, 0.1) is 0 Å². The normalized spacial score (nSPS) is 13.2. The van der Waals surface area contributed by atoms with Crippen LogP contribution in [-0.4, -0.2) is 14.2 Å². The minimum absolute atomic E-state index is 0.769. The molecule has 2 heteroatoms. The van der Waals surface area contributed by atoms with Crippen molar-refractivity contribution in [2.45, 2.75) is 13.8 Å². The van der Waals surface area contributed by atoms with E-state index in [0.717, 1.165) is 11.5 Å². The summed E-state index contributed by atoms with van der Waals surface area (Å²) in [5.41, 5.74) is 0. The third-order valence-corrected chi connectivity index (χ3v) is 1.19. The highest BCUT2D eigenvalue weighted by Crippen LogP contribution is 2.06. The Kier molecular flexibility index (Phi) is 4.46. The molecule has 0 fully saturated rings. The second kappa shape index (κ2) is 4.91. The van der Waals surface area contributed by atoms with E-state index < -0.39 is 0 Å². The second-order valence-corrected chi connectivity index (χ2v) is 1.83. The zero-order valence-electron chi connectivity index (χ0n) is 6.97. The lowest BCUT2D eigenvalue weighted by atomic mass is 10.4. The van der Waals surface area contributed by atoms with Crippen LogP contribution in [0.3, 0.4) is 0 Å². The first-order valence-electron chi connectivity index (χ1n) is 3.17. The largest absolute Gasteiger partial charge is 0.498 e. The molecule has 0 bridgehead atoms. The minimum atomic E-state index is 0.769. The zero-order valence-corrected chi connectivity index (χ0v) is 6.97. The van der Waals surface area contributed by atoms with Crippen LogP contribution in [0.5, 0.6) is 0 Å². The van der Waals surface area contributed by atoms with E-state index in [-0.39, 0.29) is 0 Å². The van der Waals surface area contributed by atoms with Crippen LogP contribution in [0.1, 0.15) is 13.8 Å². The lowest BCUT2D eigenvalue weighted by Gasteiger charge is -2.04. The zero-order chi connectivity index (χ0) is 7.98. The van der Waals surface area contributed by atoms with E-state index in [0.29, 0.717) is 0 Å². The first kappa shape index (κ1) is 9.08. The molecule has 0 aromatic carbocycles. The Labute approximate surface area is 62.1 Å². The van der Waals surface area contributed by atoms with E-state index >= 15 is 0 Å². The molecule has 10 heavy (non-hydrogen) atoms. The van der Waals surface area contributed by atoms with Crippen molar-refractivity contribution in [3.63, 3.8) is 0 Å². The van der Waals surface area contributed by atoms with Gasteiger partial charge in [0.25, 0.3) is 0 Å². The number of ether oxygens (including phenoxy) is 2. The topological polar surface area (TPSA) is 18.5 Å². The standard InChI is InChI=1S/C8H14O2/c1-5-6-8(10-4)7(2)9-3/h5-6H,1-4H3/b6-5-,8-7-.